The molecular formula is C18H17FN4O. The van der Waals surface area contributed by atoms with E-state index in [0.717, 1.165) is 29.8 Å². The summed E-state index contributed by atoms with van der Waals surface area (Å²) in [4.78, 5) is 15.0. The summed E-state index contributed by atoms with van der Waals surface area (Å²) in [7, 11) is 0. The SMILES string of the molecule is Cc1ccnc(F)c1CN1CCc2nc(-c3ccco3)ncc2C1. The van der Waals surface area contributed by atoms with Crippen LogP contribution >= 0.6 is 0 Å². The molecule has 0 fully saturated rings. The highest BCUT2D eigenvalue weighted by atomic mass is 19.1. The van der Waals surface area contributed by atoms with Crippen molar-refractivity contribution in [3.05, 3.63) is 65.2 Å². The molecule has 4 rings (SSSR count). The average molecular weight is 324 g/mol. The number of rotatable bonds is 3. The molecule has 0 amide bonds. The highest BCUT2D eigenvalue weighted by Gasteiger charge is 2.21. The average Bonchev–Trinajstić information content (AvgIpc) is 3.12. The molecule has 0 spiro atoms. The first kappa shape index (κ1) is 15.0. The van der Waals surface area contributed by atoms with Crippen molar-refractivity contribution in [3.8, 4) is 11.6 Å². The van der Waals surface area contributed by atoms with Crippen molar-refractivity contribution in [3.63, 3.8) is 0 Å². The van der Waals surface area contributed by atoms with Crippen LogP contribution in [-0.2, 0) is 19.5 Å². The fourth-order valence-electron chi connectivity index (χ4n) is 3.00. The smallest absolute Gasteiger partial charge is 0.217 e. The second kappa shape index (κ2) is 6.13. The van der Waals surface area contributed by atoms with E-state index in [9.17, 15) is 4.39 Å². The number of halogens is 1. The van der Waals surface area contributed by atoms with Gasteiger partial charge in [0.15, 0.2) is 11.6 Å². The van der Waals surface area contributed by atoms with Crippen LogP contribution in [0.4, 0.5) is 4.39 Å². The van der Waals surface area contributed by atoms with Crippen molar-refractivity contribution in [2.75, 3.05) is 6.54 Å². The Labute approximate surface area is 139 Å². The Morgan fingerprint density at radius 1 is 1.29 bits per heavy atom. The Morgan fingerprint density at radius 2 is 2.21 bits per heavy atom. The zero-order chi connectivity index (χ0) is 16.5. The lowest BCUT2D eigenvalue weighted by atomic mass is 10.1. The Hall–Kier alpha value is -2.60. The van der Waals surface area contributed by atoms with Crippen molar-refractivity contribution in [2.24, 2.45) is 0 Å². The first-order valence-corrected chi connectivity index (χ1v) is 7.92. The summed E-state index contributed by atoms with van der Waals surface area (Å²) in [5.74, 6) is 0.903. The van der Waals surface area contributed by atoms with Gasteiger partial charge in [-0.05, 0) is 30.7 Å². The summed E-state index contributed by atoms with van der Waals surface area (Å²) < 4.78 is 19.3. The molecule has 3 aromatic rings. The van der Waals surface area contributed by atoms with E-state index in [1.54, 1.807) is 6.26 Å². The number of hydrogen-bond donors (Lipinski definition) is 0. The molecule has 1 aliphatic heterocycles. The van der Waals surface area contributed by atoms with Gasteiger partial charge in [-0.15, -0.1) is 0 Å². The van der Waals surface area contributed by atoms with E-state index in [0.29, 0.717) is 30.2 Å². The lowest BCUT2D eigenvalue weighted by molar-refractivity contribution is 0.238. The lowest BCUT2D eigenvalue weighted by Gasteiger charge is -2.28. The first-order chi connectivity index (χ1) is 11.7. The molecule has 0 radical (unpaired) electrons. The van der Waals surface area contributed by atoms with Gasteiger partial charge >= 0.3 is 0 Å². The molecule has 5 nitrogen and oxygen atoms in total. The van der Waals surface area contributed by atoms with Crippen molar-refractivity contribution in [1.82, 2.24) is 19.9 Å². The standard InChI is InChI=1S/C18H17FN4O/c1-12-4-6-20-17(19)14(12)11-23-7-5-15-13(10-23)9-21-18(22-15)16-3-2-8-24-16/h2-4,6,8-9H,5,7,10-11H2,1H3. The van der Waals surface area contributed by atoms with Gasteiger partial charge in [0.2, 0.25) is 5.95 Å². The van der Waals surface area contributed by atoms with E-state index in [2.05, 4.69) is 19.9 Å². The van der Waals surface area contributed by atoms with Crippen molar-refractivity contribution >= 4 is 0 Å². The van der Waals surface area contributed by atoms with Crippen LogP contribution in [0.5, 0.6) is 0 Å². The van der Waals surface area contributed by atoms with E-state index in [4.69, 9.17) is 4.42 Å². The van der Waals surface area contributed by atoms with E-state index in [1.165, 1.54) is 6.20 Å². The molecule has 6 heteroatoms. The van der Waals surface area contributed by atoms with E-state index in [-0.39, 0.29) is 5.95 Å². The summed E-state index contributed by atoms with van der Waals surface area (Å²) in [5.41, 5.74) is 3.71. The summed E-state index contributed by atoms with van der Waals surface area (Å²) in [6, 6.07) is 5.52. The Bertz CT molecular complexity index is 843. The van der Waals surface area contributed by atoms with E-state index in [1.807, 2.05) is 31.3 Å². The first-order valence-electron chi connectivity index (χ1n) is 7.92. The van der Waals surface area contributed by atoms with Gasteiger partial charge in [0.25, 0.3) is 0 Å². The third-order valence-corrected chi connectivity index (χ3v) is 4.37. The zero-order valence-electron chi connectivity index (χ0n) is 13.4. The Morgan fingerprint density at radius 3 is 3.00 bits per heavy atom. The third kappa shape index (κ3) is 2.80. The quantitative estimate of drug-likeness (QED) is 0.693. The molecule has 0 bridgehead atoms. The number of fused-ring (bicyclic) bond motifs is 1. The number of furan rings is 1. The molecule has 0 aromatic carbocycles. The minimum absolute atomic E-state index is 0.384. The van der Waals surface area contributed by atoms with Crippen LogP contribution in [0.25, 0.3) is 11.6 Å². The van der Waals surface area contributed by atoms with Gasteiger partial charge in [0, 0.05) is 49.6 Å². The zero-order valence-corrected chi connectivity index (χ0v) is 13.4. The number of pyridine rings is 1. The largest absolute Gasteiger partial charge is 0.461 e. The number of nitrogens with zero attached hydrogens (tertiary/aromatic N) is 4. The molecule has 3 aromatic heterocycles. The molecule has 24 heavy (non-hydrogen) atoms. The molecule has 122 valence electrons. The number of aromatic nitrogens is 3. The second-order valence-corrected chi connectivity index (χ2v) is 6.00. The molecule has 0 saturated heterocycles. The maximum atomic E-state index is 13.9. The third-order valence-electron chi connectivity index (χ3n) is 4.37. The van der Waals surface area contributed by atoms with Crippen LogP contribution in [0.15, 0.2) is 41.3 Å². The molecule has 0 unspecified atom stereocenters. The molecule has 1 aliphatic rings. The van der Waals surface area contributed by atoms with Crippen LogP contribution in [0.1, 0.15) is 22.4 Å². The minimum atomic E-state index is -0.384. The van der Waals surface area contributed by atoms with Gasteiger partial charge in [0.1, 0.15) is 0 Å². The molecule has 0 N–H and O–H groups in total. The Balaban J connectivity index is 1.54. The van der Waals surface area contributed by atoms with Crippen LogP contribution in [0.3, 0.4) is 0 Å². The molecular weight excluding hydrogens is 307 g/mol. The van der Waals surface area contributed by atoms with Gasteiger partial charge in [0.05, 0.1) is 12.0 Å². The van der Waals surface area contributed by atoms with Crippen LogP contribution in [0.2, 0.25) is 0 Å². The summed E-state index contributed by atoms with van der Waals surface area (Å²) in [6.07, 6.45) is 5.78. The maximum absolute atomic E-state index is 13.9. The van der Waals surface area contributed by atoms with E-state index >= 15 is 0 Å². The predicted octanol–water partition coefficient (Wildman–Crippen LogP) is 3.14. The van der Waals surface area contributed by atoms with Crippen LogP contribution in [-0.4, -0.2) is 26.4 Å². The summed E-state index contributed by atoms with van der Waals surface area (Å²) in [5, 5.41) is 0. The van der Waals surface area contributed by atoms with Gasteiger partial charge < -0.3 is 4.42 Å². The van der Waals surface area contributed by atoms with Crippen molar-refractivity contribution in [1.29, 1.82) is 0 Å². The predicted molar refractivity (Wildman–Crippen MR) is 86.5 cm³/mol. The van der Waals surface area contributed by atoms with Crippen molar-refractivity contribution < 1.29 is 8.81 Å². The molecule has 0 atom stereocenters. The normalized spacial score (nSPS) is 14.6. The fraction of sp³-hybridized carbons (Fsp3) is 0.278. The summed E-state index contributed by atoms with van der Waals surface area (Å²) >= 11 is 0. The summed E-state index contributed by atoms with van der Waals surface area (Å²) in [6.45, 7) is 4.00. The van der Waals surface area contributed by atoms with E-state index < -0.39 is 0 Å². The van der Waals surface area contributed by atoms with Gasteiger partial charge in [-0.3, -0.25) is 4.90 Å². The highest BCUT2D eigenvalue weighted by Crippen LogP contribution is 2.23. The second-order valence-electron chi connectivity index (χ2n) is 6.00. The minimum Gasteiger partial charge on any atom is -0.461 e. The fourth-order valence-corrected chi connectivity index (χ4v) is 3.00. The van der Waals surface area contributed by atoms with Gasteiger partial charge in [-0.2, -0.15) is 4.39 Å². The number of aryl methyl sites for hydroxylation is 1. The lowest BCUT2D eigenvalue weighted by Crippen LogP contribution is -2.31. The topological polar surface area (TPSA) is 55.1 Å². The molecule has 0 aliphatic carbocycles. The number of hydrogen-bond acceptors (Lipinski definition) is 5. The highest BCUT2D eigenvalue weighted by molar-refractivity contribution is 5.47. The van der Waals surface area contributed by atoms with Crippen LogP contribution < -0.4 is 0 Å². The van der Waals surface area contributed by atoms with Gasteiger partial charge in [-0.1, -0.05) is 0 Å². The molecule has 4 heterocycles. The monoisotopic (exact) mass is 324 g/mol. The van der Waals surface area contributed by atoms with Crippen molar-refractivity contribution in [2.45, 2.75) is 26.4 Å². The van der Waals surface area contributed by atoms with Gasteiger partial charge in [-0.25, -0.2) is 15.0 Å². The maximum Gasteiger partial charge on any atom is 0.217 e. The Kier molecular flexibility index (Phi) is 3.82. The van der Waals surface area contributed by atoms with Crippen LogP contribution in [0, 0.1) is 12.9 Å². The molecule has 0 saturated carbocycles.